The first kappa shape index (κ1) is 42.2. The molecule has 0 saturated heterocycles. The Balaban J connectivity index is 2.33. The van der Waals surface area contributed by atoms with Gasteiger partial charge in [0.25, 0.3) is 0 Å². The summed E-state index contributed by atoms with van der Waals surface area (Å²) in [5.74, 6) is -6.43. The van der Waals surface area contributed by atoms with Crippen LogP contribution in [0.5, 0.6) is 11.5 Å². The molecule has 0 aliphatic heterocycles. The van der Waals surface area contributed by atoms with Gasteiger partial charge in [-0.25, -0.2) is 19.2 Å². The molecule has 0 N–H and O–H groups in total. The summed E-state index contributed by atoms with van der Waals surface area (Å²) in [4.78, 5) is 52.4. The molecular weight excluding hydrogens is 749 g/mol. The van der Waals surface area contributed by atoms with Crippen LogP contribution in [0.3, 0.4) is 0 Å². The van der Waals surface area contributed by atoms with Gasteiger partial charge in [-0.1, -0.05) is 137 Å². The average molecular weight is 789 g/mol. The van der Waals surface area contributed by atoms with Crippen LogP contribution in [-0.4, -0.2) is 37.1 Å². The number of ether oxygens (including phenoxy) is 4. The number of carbonyl (C=O) groups excluding carboxylic acids is 4. The molecule has 0 radical (unpaired) electrons. The maximum Gasteiger partial charge on any atom is 0.423 e. The third-order valence-corrected chi connectivity index (χ3v) is 10.6. The minimum absolute atomic E-state index is 0.0318. The van der Waals surface area contributed by atoms with Crippen LogP contribution in [0.4, 0.5) is 0 Å². The summed E-state index contributed by atoms with van der Waals surface area (Å²) in [5.41, 5.74) is -1.07. The number of carbonyl (C=O) groups is 4. The molecule has 2 rings (SSSR count). The topological polar surface area (TPSA) is 105 Å². The summed E-state index contributed by atoms with van der Waals surface area (Å²) >= 11 is 37.5. The Morgan fingerprint density at radius 1 is 0.562 bits per heavy atom. The van der Waals surface area contributed by atoms with Gasteiger partial charge >= 0.3 is 23.9 Å². The lowest BCUT2D eigenvalue weighted by molar-refractivity contribution is -0.156. The summed E-state index contributed by atoms with van der Waals surface area (Å²) in [6, 6.07) is 2.25. The molecule has 0 saturated carbocycles. The van der Waals surface area contributed by atoms with E-state index in [1.165, 1.54) is 0 Å². The molecule has 0 fully saturated rings. The Bertz CT molecular complexity index is 1400. The predicted octanol–water partition coefficient (Wildman–Crippen LogP) is 11.6. The minimum atomic E-state index is -1.65. The molecule has 0 heterocycles. The van der Waals surface area contributed by atoms with Crippen LogP contribution >= 0.6 is 69.6 Å². The lowest BCUT2D eigenvalue weighted by Gasteiger charge is -2.27. The number of benzene rings is 2. The average Bonchev–Trinajstić information content (AvgIpc) is 3.02. The first-order valence-electron chi connectivity index (χ1n) is 15.6. The highest BCUT2D eigenvalue weighted by molar-refractivity contribution is 6.47. The SMILES string of the molecule is CCCC(C)(CC)CCOC(=O)c1c(Cl)c(Cl)cc(Cl)c1OC(=O)C(=O)Oc1c(Cl)cc(Cl)c(Cl)c1C(=O)OCCC(C)(CC)CCC. The third-order valence-electron chi connectivity index (χ3n) is 8.51. The van der Waals surface area contributed by atoms with Gasteiger partial charge in [0.2, 0.25) is 0 Å². The van der Waals surface area contributed by atoms with Crippen molar-refractivity contribution in [2.75, 3.05) is 13.2 Å². The molecular formula is C34H40Cl6O8. The van der Waals surface area contributed by atoms with Gasteiger partial charge in [-0.2, -0.15) is 0 Å². The van der Waals surface area contributed by atoms with Crippen molar-refractivity contribution in [2.45, 2.75) is 92.9 Å². The minimum Gasteiger partial charge on any atom is -0.462 e. The van der Waals surface area contributed by atoms with Crippen molar-refractivity contribution < 1.29 is 38.1 Å². The number of esters is 4. The normalized spacial score (nSPS) is 13.7. The maximum atomic E-state index is 13.2. The zero-order valence-corrected chi connectivity index (χ0v) is 32.3. The van der Waals surface area contributed by atoms with Crippen LogP contribution in [0.2, 0.25) is 30.1 Å². The molecule has 0 aliphatic carbocycles. The van der Waals surface area contributed by atoms with E-state index in [1.54, 1.807) is 0 Å². The second-order valence-electron chi connectivity index (χ2n) is 12.1. The standard InChI is InChI=1S/C34H40Cl6O8/c1-7-11-33(5,9-3)13-15-45-29(41)23-25(39)19(35)17-21(37)27(23)47-31(43)32(44)48-28-22(38)18-20(36)26(40)24(28)30(42)46-16-14-34(6,10-4)12-8-2/h17-18H,7-16H2,1-6H3. The van der Waals surface area contributed by atoms with Crippen LogP contribution < -0.4 is 9.47 Å². The van der Waals surface area contributed by atoms with Crippen molar-refractivity contribution >= 4 is 93.5 Å². The molecule has 2 atom stereocenters. The van der Waals surface area contributed by atoms with Gasteiger partial charge in [0, 0.05) is 0 Å². The van der Waals surface area contributed by atoms with Crippen LogP contribution in [0.1, 0.15) is 114 Å². The molecule has 0 amide bonds. The number of hydrogen-bond donors (Lipinski definition) is 0. The Morgan fingerprint density at radius 3 is 1.19 bits per heavy atom. The van der Waals surface area contributed by atoms with E-state index in [2.05, 4.69) is 41.5 Å². The molecule has 266 valence electrons. The Kier molecular flexibility index (Phi) is 16.6. The fourth-order valence-electron chi connectivity index (χ4n) is 5.08. The predicted molar refractivity (Wildman–Crippen MR) is 191 cm³/mol. The second-order valence-corrected chi connectivity index (χ2v) is 14.5. The van der Waals surface area contributed by atoms with Crippen LogP contribution in [0.15, 0.2) is 12.1 Å². The summed E-state index contributed by atoms with van der Waals surface area (Å²) in [7, 11) is 0. The van der Waals surface area contributed by atoms with Gasteiger partial charge in [-0.15, -0.1) is 0 Å². The number of hydrogen-bond acceptors (Lipinski definition) is 8. The summed E-state index contributed by atoms with van der Waals surface area (Å²) in [6.07, 6.45) is 6.62. The summed E-state index contributed by atoms with van der Waals surface area (Å²) in [6.45, 7) is 12.5. The van der Waals surface area contributed by atoms with Gasteiger partial charge in [-0.3, -0.25) is 0 Å². The Morgan fingerprint density at radius 2 is 0.896 bits per heavy atom. The largest absolute Gasteiger partial charge is 0.462 e. The molecule has 0 spiro atoms. The molecule has 2 unspecified atom stereocenters. The molecule has 8 nitrogen and oxygen atoms in total. The molecule has 14 heteroatoms. The van der Waals surface area contributed by atoms with E-state index in [1.807, 2.05) is 0 Å². The van der Waals surface area contributed by atoms with E-state index in [4.69, 9.17) is 88.6 Å². The first-order valence-corrected chi connectivity index (χ1v) is 17.9. The second kappa shape index (κ2) is 18.9. The maximum absolute atomic E-state index is 13.2. The number of rotatable bonds is 16. The van der Waals surface area contributed by atoms with Gasteiger partial charge < -0.3 is 18.9 Å². The van der Waals surface area contributed by atoms with Crippen molar-refractivity contribution in [1.29, 1.82) is 0 Å². The lowest BCUT2D eigenvalue weighted by Crippen LogP contribution is -2.27. The van der Waals surface area contributed by atoms with E-state index in [-0.39, 0.29) is 54.2 Å². The summed E-state index contributed by atoms with van der Waals surface area (Å²) < 4.78 is 21.3. The van der Waals surface area contributed by atoms with Crippen LogP contribution in [0.25, 0.3) is 0 Å². The Labute approximate surface area is 311 Å². The van der Waals surface area contributed by atoms with E-state index in [0.717, 1.165) is 50.7 Å². The van der Waals surface area contributed by atoms with Crippen LogP contribution in [-0.2, 0) is 19.1 Å². The van der Waals surface area contributed by atoms with Crippen molar-refractivity contribution in [3.8, 4) is 11.5 Å². The lowest BCUT2D eigenvalue weighted by atomic mass is 9.80. The van der Waals surface area contributed by atoms with Gasteiger partial charge in [0.05, 0.1) is 43.3 Å². The summed E-state index contributed by atoms with van der Waals surface area (Å²) in [5, 5.41) is -1.52. The van der Waals surface area contributed by atoms with Crippen molar-refractivity contribution in [3.05, 3.63) is 53.4 Å². The zero-order chi connectivity index (χ0) is 36.4. The van der Waals surface area contributed by atoms with E-state index >= 15 is 0 Å². The molecule has 2 aromatic carbocycles. The quantitative estimate of drug-likeness (QED) is 0.0716. The van der Waals surface area contributed by atoms with E-state index in [0.29, 0.717) is 12.8 Å². The van der Waals surface area contributed by atoms with Crippen molar-refractivity contribution in [3.63, 3.8) is 0 Å². The highest BCUT2D eigenvalue weighted by Gasteiger charge is 2.33. The fraction of sp³-hybridized carbons (Fsp3) is 0.529. The van der Waals surface area contributed by atoms with Crippen LogP contribution in [0, 0.1) is 10.8 Å². The fourth-order valence-corrected chi connectivity index (χ4v) is 6.52. The Hall–Kier alpha value is -1.94. The van der Waals surface area contributed by atoms with Gasteiger partial charge in [0.15, 0.2) is 11.5 Å². The molecule has 2 aromatic rings. The number of halogens is 6. The van der Waals surface area contributed by atoms with Gasteiger partial charge in [0.1, 0.15) is 11.1 Å². The highest BCUT2D eigenvalue weighted by Crippen LogP contribution is 2.42. The highest BCUT2D eigenvalue weighted by atomic mass is 35.5. The van der Waals surface area contributed by atoms with Gasteiger partial charge in [-0.05, 0) is 48.6 Å². The molecule has 48 heavy (non-hydrogen) atoms. The van der Waals surface area contributed by atoms with Crippen molar-refractivity contribution in [2.24, 2.45) is 10.8 Å². The molecule has 0 bridgehead atoms. The smallest absolute Gasteiger partial charge is 0.423 e. The van der Waals surface area contributed by atoms with E-state index in [9.17, 15) is 19.2 Å². The monoisotopic (exact) mass is 786 g/mol. The van der Waals surface area contributed by atoms with Crippen molar-refractivity contribution in [1.82, 2.24) is 0 Å². The molecule has 0 aliphatic rings. The molecule has 0 aromatic heterocycles. The third kappa shape index (κ3) is 11.0. The zero-order valence-electron chi connectivity index (χ0n) is 27.8. The van der Waals surface area contributed by atoms with E-state index < -0.39 is 46.5 Å². The first-order chi connectivity index (χ1) is 22.5.